The zero-order valence-electron chi connectivity index (χ0n) is 20.4. The van der Waals surface area contributed by atoms with Crippen LogP contribution >= 0.6 is 46.4 Å². The molecule has 1 N–H and O–H groups in total. The summed E-state index contributed by atoms with van der Waals surface area (Å²) < 4.78 is 26.3. The molecular formula is C24H29Cl4N3O4S. The zero-order valence-corrected chi connectivity index (χ0v) is 24.2. The SMILES string of the molecule is CC[C@H](C)NC(=O)[C@H](CC)N(Cc1c(Cl)cccc1Cl)C(=O)CN(c1ccc(Cl)c(Cl)c1)S(C)(=O)=O. The van der Waals surface area contributed by atoms with Gasteiger partial charge in [0, 0.05) is 28.2 Å². The molecule has 0 unspecified atom stereocenters. The average Bonchev–Trinajstić information content (AvgIpc) is 2.80. The minimum Gasteiger partial charge on any atom is -0.352 e. The third-order valence-electron chi connectivity index (χ3n) is 5.65. The standard InChI is InChI=1S/C24H29Cl4N3O4S/c1-5-15(3)29-24(33)22(6-2)30(13-17-18(25)8-7-9-19(17)26)23(32)14-31(36(4,34)35)16-10-11-20(27)21(28)12-16/h7-12,15,22H,5-6,13-14H2,1-4H3,(H,29,33)/t15-,22-/m0/s1. The van der Waals surface area contributed by atoms with E-state index in [1.807, 2.05) is 13.8 Å². The van der Waals surface area contributed by atoms with E-state index in [0.29, 0.717) is 22.0 Å². The van der Waals surface area contributed by atoms with Gasteiger partial charge >= 0.3 is 0 Å². The number of carbonyl (C=O) groups is 2. The van der Waals surface area contributed by atoms with Crippen LogP contribution in [0.5, 0.6) is 0 Å². The lowest BCUT2D eigenvalue weighted by molar-refractivity contribution is -0.140. The summed E-state index contributed by atoms with van der Waals surface area (Å²) in [5.41, 5.74) is 0.609. The summed E-state index contributed by atoms with van der Waals surface area (Å²) >= 11 is 24.8. The topological polar surface area (TPSA) is 86.8 Å². The Hall–Kier alpha value is -1.71. The van der Waals surface area contributed by atoms with E-state index in [1.54, 1.807) is 25.1 Å². The van der Waals surface area contributed by atoms with Crippen LogP contribution in [-0.4, -0.2) is 50.0 Å². The number of amides is 2. The monoisotopic (exact) mass is 595 g/mol. The maximum atomic E-state index is 13.7. The van der Waals surface area contributed by atoms with Gasteiger partial charge in [-0.1, -0.05) is 66.3 Å². The molecule has 2 aromatic rings. The average molecular weight is 597 g/mol. The molecule has 2 amide bonds. The minimum atomic E-state index is -3.91. The predicted molar refractivity (Wildman–Crippen MR) is 148 cm³/mol. The van der Waals surface area contributed by atoms with Crippen molar-refractivity contribution in [2.75, 3.05) is 17.1 Å². The van der Waals surface area contributed by atoms with Crippen molar-refractivity contribution < 1.29 is 18.0 Å². The lowest BCUT2D eigenvalue weighted by Crippen LogP contribution is -2.53. The molecule has 0 fully saturated rings. The Labute approximate surface area is 232 Å². The quantitative estimate of drug-likeness (QED) is 0.356. The Morgan fingerprint density at radius 3 is 2.06 bits per heavy atom. The Balaban J connectivity index is 2.52. The van der Waals surface area contributed by atoms with Crippen LogP contribution in [0.15, 0.2) is 36.4 Å². The van der Waals surface area contributed by atoms with Crippen molar-refractivity contribution in [2.24, 2.45) is 0 Å². The van der Waals surface area contributed by atoms with Crippen LogP contribution in [0.3, 0.4) is 0 Å². The summed E-state index contributed by atoms with van der Waals surface area (Å²) in [4.78, 5) is 28.2. The van der Waals surface area contributed by atoms with Crippen molar-refractivity contribution in [3.63, 3.8) is 0 Å². The molecule has 0 aliphatic carbocycles. The maximum Gasteiger partial charge on any atom is 0.244 e. The summed E-state index contributed by atoms with van der Waals surface area (Å²) in [5, 5.41) is 3.91. The molecule has 0 aliphatic rings. The number of anilines is 1. The molecule has 0 bridgehead atoms. The van der Waals surface area contributed by atoms with E-state index in [4.69, 9.17) is 46.4 Å². The smallest absolute Gasteiger partial charge is 0.244 e. The third-order valence-corrected chi connectivity index (χ3v) is 8.24. The molecule has 0 saturated heterocycles. The highest BCUT2D eigenvalue weighted by Crippen LogP contribution is 2.30. The number of rotatable bonds is 11. The van der Waals surface area contributed by atoms with Gasteiger partial charge in [-0.3, -0.25) is 13.9 Å². The normalized spacial score (nSPS) is 13.1. The van der Waals surface area contributed by atoms with E-state index in [2.05, 4.69) is 5.32 Å². The van der Waals surface area contributed by atoms with Crippen LogP contribution in [0.25, 0.3) is 0 Å². The van der Waals surface area contributed by atoms with Gasteiger partial charge in [0.2, 0.25) is 21.8 Å². The fourth-order valence-corrected chi connectivity index (χ4v) is 5.12. The van der Waals surface area contributed by atoms with Gasteiger partial charge in [-0.05, 0) is 50.1 Å². The Morgan fingerprint density at radius 2 is 1.56 bits per heavy atom. The first kappa shape index (κ1) is 30.5. The summed E-state index contributed by atoms with van der Waals surface area (Å²) in [6.07, 6.45) is 1.96. The molecule has 7 nitrogen and oxygen atoms in total. The largest absolute Gasteiger partial charge is 0.352 e. The second kappa shape index (κ2) is 13.2. The highest BCUT2D eigenvalue weighted by Gasteiger charge is 2.33. The fourth-order valence-electron chi connectivity index (χ4n) is 3.47. The van der Waals surface area contributed by atoms with Gasteiger partial charge in [0.25, 0.3) is 0 Å². The molecule has 0 aromatic heterocycles. The van der Waals surface area contributed by atoms with Gasteiger partial charge in [-0.15, -0.1) is 0 Å². The van der Waals surface area contributed by atoms with E-state index in [-0.39, 0.29) is 40.6 Å². The highest BCUT2D eigenvalue weighted by molar-refractivity contribution is 7.92. The second-order valence-electron chi connectivity index (χ2n) is 8.33. The number of sulfonamides is 1. The number of carbonyl (C=O) groups excluding carboxylic acids is 2. The zero-order chi connectivity index (χ0) is 27.2. The minimum absolute atomic E-state index is 0.0945. The van der Waals surface area contributed by atoms with Gasteiger partial charge in [-0.25, -0.2) is 8.42 Å². The van der Waals surface area contributed by atoms with Crippen LogP contribution in [0.1, 0.15) is 39.2 Å². The lowest BCUT2D eigenvalue weighted by Gasteiger charge is -2.33. The van der Waals surface area contributed by atoms with Crippen LogP contribution in [0.2, 0.25) is 20.1 Å². The van der Waals surface area contributed by atoms with Crippen LogP contribution < -0.4 is 9.62 Å². The van der Waals surface area contributed by atoms with E-state index in [0.717, 1.165) is 10.6 Å². The first-order valence-corrected chi connectivity index (χ1v) is 14.6. The van der Waals surface area contributed by atoms with Crippen molar-refractivity contribution in [1.82, 2.24) is 10.2 Å². The van der Waals surface area contributed by atoms with Gasteiger partial charge in [0.05, 0.1) is 22.0 Å². The number of halogens is 4. The summed E-state index contributed by atoms with van der Waals surface area (Å²) in [6.45, 7) is 4.88. The number of hydrogen-bond donors (Lipinski definition) is 1. The lowest BCUT2D eigenvalue weighted by atomic mass is 10.1. The van der Waals surface area contributed by atoms with E-state index < -0.39 is 28.5 Å². The summed E-state index contributed by atoms with van der Waals surface area (Å²) in [7, 11) is -3.91. The third kappa shape index (κ3) is 7.89. The predicted octanol–water partition coefficient (Wildman–Crippen LogP) is 5.79. The molecule has 12 heteroatoms. The van der Waals surface area contributed by atoms with Crippen LogP contribution in [0, 0.1) is 0 Å². The summed E-state index contributed by atoms with van der Waals surface area (Å²) in [6, 6.07) is 8.17. The molecule has 0 aliphatic heterocycles. The Kier molecular flexibility index (Phi) is 11.2. The van der Waals surface area contributed by atoms with E-state index in [1.165, 1.54) is 23.1 Å². The highest BCUT2D eigenvalue weighted by atomic mass is 35.5. The molecule has 36 heavy (non-hydrogen) atoms. The van der Waals surface area contributed by atoms with Gasteiger partial charge in [0.1, 0.15) is 12.6 Å². The molecule has 0 heterocycles. The Morgan fingerprint density at radius 1 is 0.944 bits per heavy atom. The Bertz CT molecular complexity index is 1190. The second-order valence-corrected chi connectivity index (χ2v) is 11.9. The van der Waals surface area contributed by atoms with Crippen molar-refractivity contribution in [3.05, 3.63) is 62.1 Å². The van der Waals surface area contributed by atoms with Crippen molar-refractivity contribution >= 4 is 73.9 Å². The molecule has 0 saturated carbocycles. The number of nitrogens with one attached hydrogen (secondary N) is 1. The number of hydrogen-bond acceptors (Lipinski definition) is 4. The molecule has 0 spiro atoms. The van der Waals surface area contributed by atoms with E-state index >= 15 is 0 Å². The molecule has 2 aromatic carbocycles. The number of nitrogens with zero attached hydrogens (tertiary/aromatic N) is 2. The first-order chi connectivity index (χ1) is 16.8. The van der Waals surface area contributed by atoms with Gasteiger partial charge < -0.3 is 10.2 Å². The fraction of sp³-hybridized carbons (Fsp3) is 0.417. The first-order valence-electron chi connectivity index (χ1n) is 11.3. The molecule has 2 atom stereocenters. The maximum absolute atomic E-state index is 13.7. The van der Waals surface area contributed by atoms with Crippen molar-refractivity contribution in [2.45, 2.75) is 52.2 Å². The summed E-state index contributed by atoms with van der Waals surface area (Å²) in [5.74, 6) is -0.975. The molecule has 198 valence electrons. The number of benzene rings is 2. The molecule has 0 radical (unpaired) electrons. The molecule has 2 rings (SSSR count). The van der Waals surface area contributed by atoms with Crippen LogP contribution in [0.4, 0.5) is 5.69 Å². The van der Waals surface area contributed by atoms with Gasteiger partial charge in [-0.2, -0.15) is 0 Å². The van der Waals surface area contributed by atoms with Crippen molar-refractivity contribution in [3.8, 4) is 0 Å². The van der Waals surface area contributed by atoms with E-state index in [9.17, 15) is 18.0 Å². The van der Waals surface area contributed by atoms with Crippen molar-refractivity contribution in [1.29, 1.82) is 0 Å². The molecular weight excluding hydrogens is 568 g/mol. The van der Waals surface area contributed by atoms with Gasteiger partial charge in [0.15, 0.2) is 0 Å². The van der Waals surface area contributed by atoms with Crippen LogP contribution in [-0.2, 0) is 26.2 Å².